The van der Waals surface area contributed by atoms with Crippen molar-refractivity contribution in [2.75, 3.05) is 0 Å². The molecule has 0 saturated heterocycles. The van der Waals surface area contributed by atoms with Gasteiger partial charge >= 0.3 is 280 Å². The number of fused-ring (bicyclic) bond motifs is 1. The summed E-state index contributed by atoms with van der Waals surface area (Å²) in [6.45, 7) is 0. The van der Waals surface area contributed by atoms with Crippen LogP contribution >= 0.6 is 23.2 Å². The van der Waals surface area contributed by atoms with Gasteiger partial charge < -0.3 is 0 Å². The first-order chi connectivity index (χ1) is 21.1. The van der Waals surface area contributed by atoms with Crippen LogP contribution in [0, 0.1) is 11.3 Å². The summed E-state index contributed by atoms with van der Waals surface area (Å²) in [5.74, 6) is 0.628. The molecule has 5 aromatic carbocycles. The minimum absolute atomic E-state index is 0.106. The zero-order valence-electron chi connectivity index (χ0n) is 23.8. The van der Waals surface area contributed by atoms with E-state index in [1.807, 2.05) is 24.3 Å². The molecule has 214 valence electrons. The topological polar surface area (TPSA) is 0 Å². The molecule has 0 heterocycles. The summed E-state index contributed by atoms with van der Waals surface area (Å²) in [7, 11) is 0. The molecular weight excluding hydrogens is 697 g/mol. The van der Waals surface area contributed by atoms with Crippen LogP contribution < -0.4 is 8.92 Å². The molecule has 0 nitrogen and oxygen atoms in total. The number of allylic oxidation sites excluding steroid dienone is 1. The van der Waals surface area contributed by atoms with E-state index in [4.69, 9.17) is 23.2 Å². The normalized spacial score (nSPS) is 22.1. The van der Waals surface area contributed by atoms with Crippen LogP contribution in [0.1, 0.15) is 36.0 Å². The Balaban J connectivity index is 1.46. The van der Waals surface area contributed by atoms with Gasteiger partial charge in [-0.05, 0) is 0 Å². The van der Waals surface area contributed by atoms with Crippen LogP contribution in [0.25, 0.3) is 5.57 Å². The van der Waals surface area contributed by atoms with E-state index in [1.54, 1.807) is 4.47 Å². The SMILES string of the molecule is Clc1ccc(C(=C([Se]c2ccccc2)[C@@]23C[C@]2(c2ccccc2)CC[C@@H]3C[Se]c2ccccc2)c2ccc(Cl)cc2)cc1. The molecule has 0 amide bonds. The second-order valence-corrected chi connectivity index (χ2v) is 17.0. The molecule has 2 fully saturated rings. The third-order valence-corrected chi connectivity index (χ3v) is 15.0. The number of rotatable bonds is 9. The van der Waals surface area contributed by atoms with E-state index < -0.39 is 0 Å². The van der Waals surface area contributed by atoms with E-state index in [0.29, 0.717) is 20.9 Å². The van der Waals surface area contributed by atoms with E-state index >= 15 is 0 Å². The number of hydrogen-bond donors (Lipinski definition) is 0. The first-order valence-corrected chi connectivity index (χ1v) is 19.4. The van der Waals surface area contributed by atoms with E-state index in [2.05, 4.69) is 115 Å². The molecular formula is C39H32Cl2Se2. The second-order valence-electron chi connectivity index (χ2n) is 11.6. The molecule has 2 aliphatic carbocycles. The average molecular weight is 730 g/mol. The van der Waals surface area contributed by atoms with Crippen LogP contribution in [0.4, 0.5) is 0 Å². The Labute approximate surface area is 277 Å². The zero-order chi connectivity index (χ0) is 29.3. The Morgan fingerprint density at radius 1 is 0.628 bits per heavy atom. The summed E-state index contributed by atoms with van der Waals surface area (Å²) >= 11 is 13.5. The molecule has 0 bridgehead atoms. The minimum atomic E-state index is 0.106. The van der Waals surface area contributed by atoms with Crippen molar-refractivity contribution in [2.45, 2.75) is 30.0 Å². The Bertz CT molecular complexity index is 1670. The Hall–Kier alpha value is -2.54. The third-order valence-electron chi connectivity index (χ3n) is 9.31. The fourth-order valence-corrected chi connectivity index (χ4v) is 13.1. The molecule has 43 heavy (non-hydrogen) atoms. The molecule has 0 radical (unpaired) electrons. The van der Waals surface area contributed by atoms with Gasteiger partial charge in [-0.2, -0.15) is 0 Å². The van der Waals surface area contributed by atoms with Crippen LogP contribution in [0.15, 0.2) is 144 Å². The van der Waals surface area contributed by atoms with Gasteiger partial charge in [0.2, 0.25) is 0 Å². The maximum absolute atomic E-state index is 6.45. The van der Waals surface area contributed by atoms with Crippen LogP contribution in [-0.4, -0.2) is 29.9 Å². The molecule has 3 atom stereocenters. The van der Waals surface area contributed by atoms with Crippen LogP contribution in [-0.2, 0) is 5.41 Å². The molecule has 0 N–H and O–H groups in total. The summed E-state index contributed by atoms with van der Waals surface area (Å²) in [6, 6.07) is 50.8. The quantitative estimate of drug-likeness (QED) is 0.133. The second kappa shape index (κ2) is 12.5. The van der Waals surface area contributed by atoms with Crippen molar-refractivity contribution < 1.29 is 0 Å². The van der Waals surface area contributed by atoms with Gasteiger partial charge in [0.25, 0.3) is 0 Å². The standard InChI is InChI=1S/C39H32Cl2Se2/c40-32-20-16-28(17-21-32)36(29-18-22-33(41)23-19-29)37(43-35-14-8-3-9-15-35)39-27-38(39,30-10-4-1-5-11-30)25-24-31(39)26-42-34-12-6-2-7-13-34/h1-23,31H,24-27H2/t31-,38+,39+/m1/s1. The third kappa shape index (κ3) is 5.60. The van der Waals surface area contributed by atoms with Crippen LogP contribution in [0.5, 0.6) is 0 Å². The van der Waals surface area contributed by atoms with Crippen molar-refractivity contribution in [3.05, 3.63) is 171 Å². The predicted octanol–water partition coefficient (Wildman–Crippen LogP) is 8.97. The van der Waals surface area contributed by atoms with Gasteiger partial charge in [0, 0.05) is 0 Å². The zero-order valence-corrected chi connectivity index (χ0v) is 28.7. The summed E-state index contributed by atoms with van der Waals surface area (Å²) < 4.78 is 4.55. The summed E-state index contributed by atoms with van der Waals surface area (Å²) in [6.07, 6.45) is 3.73. The molecule has 0 aliphatic heterocycles. The molecule has 4 heteroatoms. The molecule has 0 spiro atoms. The van der Waals surface area contributed by atoms with Gasteiger partial charge in [-0.15, -0.1) is 0 Å². The van der Waals surface area contributed by atoms with Crippen molar-refractivity contribution in [3.63, 3.8) is 0 Å². The predicted molar refractivity (Wildman–Crippen MR) is 185 cm³/mol. The van der Waals surface area contributed by atoms with Crippen molar-refractivity contribution in [1.29, 1.82) is 0 Å². The fraction of sp³-hybridized carbons (Fsp3) is 0.179. The van der Waals surface area contributed by atoms with Gasteiger partial charge in [-0.3, -0.25) is 0 Å². The summed E-state index contributed by atoms with van der Waals surface area (Å²) in [4.78, 5) is 0. The Morgan fingerprint density at radius 2 is 1.14 bits per heavy atom. The maximum atomic E-state index is 6.45. The van der Waals surface area contributed by atoms with E-state index in [1.165, 1.54) is 55.8 Å². The van der Waals surface area contributed by atoms with Crippen molar-refractivity contribution in [2.24, 2.45) is 11.3 Å². The molecule has 0 unspecified atom stereocenters. The van der Waals surface area contributed by atoms with E-state index in [-0.39, 0.29) is 25.8 Å². The average Bonchev–Trinajstić information content (AvgIpc) is 3.64. The molecule has 2 aliphatic rings. The van der Waals surface area contributed by atoms with Crippen LogP contribution in [0.3, 0.4) is 0 Å². The number of halogens is 2. The van der Waals surface area contributed by atoms with E-state index in [9.17, 15) is 0 Å². The first kappa shape index (κ1) is 29.2. The number of benzene rings is 5. The van der Waals surface area contributed by atoms with Crippen LogP contribution in [0.2, 0.25) is 15.4 Å². The van der Waals surface area contributed by atoms with Gasteiger partial charge in [0.05, 0.1) is 0 Å². The first-order valence-electron chi connectivity index (χ1n) is 14.8. The van der Waals surface area contributed by atoms with Gasteiger partial charge in [0.15, 0.2) is 0 Å². The van der Waals surface area contributed by atoms with E-state index in [0.717, 1.165) is 10.0 Å². The fourth-order valence-electron chi connectivity index (χ4n) is 7.26. The molecule has 5 aromatic rings. The molecule has 0 aromatic heterocycles. The monoisotopic (exact) mass is 730 g/mol. The Kier molecular flexibility index (Phi) is 8.45. The van der Waals surface area contributed by atoms with Crippen molar-refractivity contribution in [1.82, 2.24) is 0 Å². The summed E-state index contributed by atoms with van der Waals surface area (Å²) in [5, 5.41) is 2.79. The Morgan fingerprint density at radius 3 is 1.70 bits per heavy atom. The van der Waals surface area contributed by atoms with Gasteiger partial charge in [-0.1, -0.05) is 0 Å². The van der Waals surface area contributed by atoms with Gasteiger partial charge in [0.1, 0.15) is 0 Å². The molecule has 2 saturated carbocycles. The van der Waals surface area contributed by atoms with Crippen molar-refractivity contribution in [3.8, 4) is 0 Å². The molecule has 7 rings (SSSR count). The van der Waals surface area contributed by atoms with Gasteiger partial charge in [-0.25, -0.2) is 0 Å². The van der Waals surface area contributed by atoms with Crippen molar-refractivity contribution >= 4 is 67.6 Å². The number of hydrogen-bond acceptors (Lipinski definition) is 0. The summed E-state index contributed by atoms with van der Waals surface area (Å²) in [5.41, 5.74) is 5.63.